The van der Waals surface area contributed by atoms with Gasteiger partial charge in [0, 0.05) is 18.7 Å². The van der Waals surface area contributed by atoms with Crippen molar-refractivity contribution in [3.63, 3.8) is 0 Å². The number of carbonyl (C=O) groups is 2. The van der Waals surface area contributed by atoms with Crippen molar-refractivity contribution in [3.8, 4) is 11.5 Å². The summed E-state index contributed by atoms with van der Waals surface area (Å²) in [7, 11) is 0. The van der Waals surface area contributed by atoms with E-state index in [-0.39, 0.29) is 24.6 Å². The molecule has 0 atom stereocenters. The van der Waals surface area contributed by atoms with Crippen LogP contribution in [0.5, 0.6) is 0 Å². The van der Waals surface area contributed by atoms with E-state index in [1.165, 1.54) is 0 Å². The van der Waals surface area contributed by atoms with Crippen LogP contribution < -0.4 is 0 Å². The molecule has 2 heterocycles. The lowest BCUT2D eigenvalue weighted by Gasteiger charge is -2.32. The first-order chi connectivity index (χ1) is 13.7. The molecule has 1 fully saturated rings. The lowest BCUT2D eigenvalue weighted by molar-refractivity contribution is -0.151. The van der Waals surface area contributed by atoms with Crippen molar-refractivity contribution in [2.75, 3.05) is 13.1 Å². The number of hydrogen-bond donors (Lipinski definition) is 0. The Kier molecular flexibility index (Phi) is 6.25. The highest BCUT2D eigenvalue weighted by atomic mass is 16.6. The molecule has 1 saturated heterocycles. The fraction of sp³-hybridized carbons (Fsp3) is 0.500. The van der Waals surface area contributed by atoms with E-state index in [2.05, 4.69) is 4.98 Å². The minimum atomic E-state index is -0.527. The SMILES string of the molecule is Cc1oc(-c2ccccc2)nc1COC(=O)C1CCN(C(=O)OC(C)(C)C)CC1. The minimum absolute atomic E-state index is 0.0767. The maximum atomic E-state index is 12.4. The smallest absolute Gasteiger partial charge is 0.410 e. The molecular weight excluding hydrogens is 372 g/mol. The molecule has 156 valence electrons. The monoisotopic (exact) mass is 400 g/mol. The van der Waals surface area contributed by atoms with Gasteiger partial charge < -0.3 is 18.8 Å². The Morgan fingerprint density at radius 2 is 1.83 bits per heavy atom. The van der Waals surface area contributed by atoms with Crippen LogP contribution in [0, 0.1) is 12.8 Å². The molecule has 0 unspecified atom stereocenters. The molecule has 0 saturated carbocycles. The second-order valence-corrected chi connectivity index (χ2v) is 8.24. The predicted molar refractivity (Wildman–Crippen MR) is 107 cm³/mol. The molecule has 29 heavy (non-hydrogen) atoms. The van der Waals surface area contributed by atoms with Crippen molar-refractivity contribution in [3.05, 3.63) is 41.8 Å². The largest absolute Gasteiger partial charge is 0.459 e. The fourth-order valence-corrected chi connectivity index (χ4v) is 3.15. The number of aryl methyl sites for hydroxylation is 1. The summed E-state index contributed by atoms with van der Waals surface area (Å²) in [5, 5.41) is 0. The quantitative estimate of drug-likeness (QED) is 0.710. The molecule has 7 heteroatoms. The molecule has 1 aromatic carbocycles. The highest BCUT2D eigenvalue weighted by Gasteiger charge is 2.31. The van der Waals surface area contributed by atoms with E-state index in [0.29, 0.717) is 43.3 Å². The van der Waals surface area contributed by atoms with Crippen molar-refractivity contribution in [1.29, 1.82) is 0 Å². The molecule has 1 amide bonds. The Hall–Kier alpha value is -2.83. The summed E-state index contributed by atoms with van der Waals surface area (Å²) in [6.45, 7) is 8.36. The molecule has 0 spiro atoms. The average Bonchev–Trinajstić information content (AvgIpc) is 3.06. The zero-order valence-corrected chi connectivity index (χ0v) is 17.4. The number of likely N-dealkylation sites (tertiary alicyclic amines) is 1. The fourth-order valence-electron chi connectivity index (χ4n) is 3.15. The molecule has 1 aromatic heterocycles. The van der Waals surface area contributed by atoms with Crippen molar-refractivity contribution in [1.82, 2.24) is 9.88 Å². The summed E-state index contributed by atoms with van der Waals surface area (Å²) in [5.74, 6) is 0.656. The van der Waals surface area contributed by atoms with Crippen LogP contribution in [-0.4, -0.2) is 40.6 Å². The van der Waals surface area contributed by atoms with Crippen LogP contribution in [0.25, 0.3) is 11.5 Å². The Bertz CT molecular complexity index is 846. The van der Waals surface area contributed by atoms with E-state index in [9.17, 15) is 9.59 Å². The number of esters is 1. The van der Waals surface area contributed by atoms with Crippen LogP contribution >= 0.6 is 0 Å². The van der Waals surface area contributed by atoms with E-state index in [4.69, 9.17) is 13.9 Å². The van der Waals surface area contributed by atoms with Crippen LogP contribution in [0.2, 0.25) is 0 Å². The first-order valence-corrected chi connectivity index (χ1v) is 9.89. The molecule has 3 rings (SSSR count). The van der Waals surface area contributed by atoms with Crippen molar-refractivity contribution in [2.24, 2.45) is 5.92 Å². The number of nitrogens with zero attached hydrogens (tertiary/aromatic N) is 2. The van der Waals surface area contributed by atoms with Gasteiger partial charge in [0.1, 0.15) is 23.7 Å². The molecule has 0 bridgehead atoms. The second-order valence-electron chi connectivity index (χ2n) is 8.24. The van der Waals surface area contributed by atoms with Gasteiger partial charge in [0.05, 0.1) is 5.92 Å². The van der Waals surface area contributed by atoms with E-state index in [0.717, 1.165) is 5.56 Å². The highest BCUT2D eigenvalue weighted by Crippen LogP contribution is 2.24. The van der Waals surface area contributed by atoms with Gasteiger partial charge in [-0.15, -0.1) is 0 Å². The summed E-state index contributed by atoms with van der Waals surface area (Å²) in [6, 6.07) is 9.59. The van der Waals surface area contributed by atoms with Crippen LogP contribution in [0.3, 0.4) is 0 Å². The lowest BCUT2D eigenvalue weighted by atomic mass is 9.97. The number of benzene rings is 1. The topological polar surface area (TPSA) is 81.9 Å². The average molecular weight is 400 g/mol. The summed E-state index contributed by atoms with van der Waals surface area (Å²) in [6.07, 6.45) is 0.784. The molecule has 0 N–H and O–H groups in total. The maximum absolute atomic E-state index is 12.4. The van der Waals surface area contributed by atoms with Gasteiger partial charge in [-0.1, -0.05) is 18.2 Å². The van der Waals surface area contributed by atoms with E-state index in [1.807, 2.05) is 58.0 Å². The van der Waals surface area contributed by atoms with Crippen LogP contribution in [0.1, 0.15) is 45.1 Å². The third-order valence-corrected chi connectivity index (χ3v) is 4.74. The molecule has 0 aliphatic carbocycles. The molecular formula is C22H28N2O5. The zero-order valence-electron chi connectivity index (χ0n) is 17.4. The number of carbonyl (C=O) groups excluding carboxylic acids is 2. The van der Waals surface area contributed by atoms with Crippen LogP contribution in [0.15, 0.2) is 34.7 Å². The van der Waals surface area contributed by atoms with Gasteiger partial charge in [-0.2, -0.15) is 0 Å². The maximum Gasteiger partial charge on any atom is 0.410 e. The van der Waals surface area contributed by atoms with Crippen molar-refractivity contribution >= 4 is 12.1 Å². The molecule has 1 aliphatic heterocycles. The van der Waals surface area contributed by atoms with Crippen LogP contribution in [-0.2, 0) is 20.9 Å². The summed E-state index contributed by atoms with van der Waals surface area (Å²) < 4.78 is 16.6. The van der Waals surface area contributed by atoms with Gasteiger partial charge in [0.25, 0.3) is 0 Å². The number of aromatic nitrogens is 1. The molecule has 1 aliphatic rings. The van der Waals surface area contributed by atoms with Gasteiger partial charge in [-0.25, -0.2) is 9.78 Å². The molecule has 0 radical (unpaired) electrons. The van der Waals surface area contributed by atoms with Gasteiger partial charge in [-0.3, -0.25) is 4.79 Å². The number of ether oxygens (including phenoxy) is 2. The van der Waals surface area contributed by atoms with Crippen molar-refractivity contribution < 1.29 is 23.5 Å². The Balaban J connectivity index is 1.50. The van der Waals surface area contributed by atoms with Gasteiger partial charge in [0.15, 0.2) is 0 Å². The number of amides is 1. The first-order valence-electron chi connectivity index (χ1n) is 9.89. The van der Waals surface area contributed by atoms with Gasteiger partial charge in [-0.05, 0) is 52.7 Å². The molecule has 7 nitrogen and oxygen atoms in total. The second kappa shape index (κ2) is 8.68. The first kappa shape index (κ1) is 20.9. The number of piperidine rings is 1. The summed E-state index contributed by atoms with van der Waals surface area (Å²) >= 11 is 0. The number of rotatable bonds is 4. The van der Waals surface area contributed by atoms with Crippen LogP contribution in [0.4, 0.5) is 4.79 Å². The lowest BCUT2D eigenvalue weighted by Crippen LogP contribution is -2.43. The Morgan fingerprint density at radius 1 is 1.17 bits per heavy atom. The number of hydrogen-bond acceptors (Lipinski definition) is 6. The Morgan fingerprint density at radius 3 is 2.45 bits per heavy atom. The standard InChI is InChI=1S/C22H28N2O5/c1-15-18(23-19(28-15)16-8-6-5-7-9-16)14-27-20(25)17-10-12-24(13-11-17)21(26)29-22(2,3)4/h5-9,17H,10-14H2,1-4H3. The normalized spacial score (nSPS) is 15.2. The predicted octanol–water partition coefficient (Wildman–Crippen LogP) is 4.34. The van der Waals surface area contributed by atoms with Gasteiger partial charge >= 0.3 is 12.1 Å². The highest BCUT2D eigenvalue weighted by molar-refractivity contribution is 5.73. The summed E-state index contributed by atoms with van der Waals surface area (Å²) in [5.41, 5.74) is 0.965. The zero-order chi connectivity index (χ0) is 21.0. The molecule has 2 aromatic rings. The van der Waals surface area contributed by atoms with E-state index in [1.54, 1.807) is 4.90 Å². The number of oxazole rings is 1. The minimum Gasteiger partial charge on any atom is -0.459 e. The van der Waals surface area contributed by atoms with Crippen molar-refractivity contribution in [2.45, 2.75) is 52.7 Å². The summed E-state index contributed by atoms with van der Waals surface area (Å²) in [4.78, 5) is 30.7. The van der Waals surface area contributed by atoms with E-state index >= 15 is 0 Å². The Labute approximate surface area is 171 Å². The van der Waals surface area contributed by atoms with Gasteiger partial charge in [0.2, 0.25) is 5.89 Å². The van der Waals surface area contributed by atoms with E-state index < -0.39 is 5.60 Å². The third kappa shape index (κ3) is 5.59. The third-order valence-electron chi connectivity index (χ3n) is 4.74.